The number of carboxylic acid groups (broad SMARTS) is 1. The molecule has 0 radical (unpaired) electrons. The van der Waals surface area contributed by atoms with Crippen LogP contribution in [0.2, 0.25) is 0 Å². The molecule has 180 valence electrons. The minimum atomic E-state index is -0.893. The molecule has 9 nitrogen and oxygen atoms in total. The molecule has 9 heteroatoms. The van der Waals surface area contributed by atoms with Crippen LogP contribution in [-0.4, -0.2) is 81.7 Å². The van der Waals surface area contributed by atoms with Gasteiger partial charge in [0.15, 0.2) is 0 Å². The van der Waals surface area contributed by atoms with Crippen LogP contribution in [0.1, 0.15) is 24.0 Å². The van der Waals surface area contributed by atoms with Gasteiger partial charge in [-0.15, -0.1) is 0 Å². The number of benzene rings is 2. The molecule has 0 unspecified atom stereocenters. The molecular weight excluding hydrogens is 434 g/mol. The summed E-state index contributed by atoms with van der Waals surface area (Å²) in [6.07, 6.45) is -0.208. The van der Waals surface area contributed by atoms with E-state index in [1.807, 2.05) is 60.7 Å². The summed E-state index contributed by atoms with van der Waals surface area (Å²) in [7, 11) is 1.74. The lowest BCUT2D eigenvalue weighted by Crippen LogP contribution is -2.74. The molecule has 2 atom stereocenters. The molecular formula is C25H31N5O4. The average Bonchev–Trinajstić information content (AvgIpc) is 2.82. The van der Waals surface area contributed by atoms with E-state index in [2.05, 4.69) is 10.2 Å². The summed E-state index contributed by atoms with van der Waals surface area (Å²) < 4.78 is 0. The first-order valence-electron chi connectivity index (χ1n) is 11.5. The molecule has 2 aliphatic rings. The Kier molecular flexibility index (Phi) is 7.44. The first-order chi connectivity index (χ1) is 16.4. The van der Waals surface area contributed by atoms with E-state index in [0.717, 1.165) is 11.1 Å². The van der Waals surface area contributed by atoms with Gasteiger partial charge in [-0.3, -0.25) is 14.5 Å². The van der Waals surface area contributed by atoms with E-state index in [9.17, 15) is 19.5 Å². The van der Waals surface area contributed by atoms with Gasteiger partial charge in [0.05, 0.1) is 6.54 Å². The Hall–Kier alpha value is -3.43. The zero-order valence-electron chi connectivity index (χ0n) is 19.3. The molecule has 2 fully saturated rings. The number of carbonyl (C=O) groups is 3. The fourth-order valence-electron chi connectivity index (χ4n) is 4.81. The second kappa shape index (κ2) is 10.7. The van der Waals surface area contributed by atoms with E-state index in [1.54, 1.807) is 22.0 Å². The fourth-order valence-corrected chi connectivity index (χ4v) is 4.81. The summed E-state index contributed by atoms with van der Waals surface area (Å²) in [4.78, 5) is 41.6. The highest BCUT2D eigenvalue weighted by atomic mass is 16.4. The number of piperazine rings is 1. The van der Waals surface area contributed by atoms with Gasteiger partial charge >= 0.3 is 12.0 Å². The van der Waals surface area contributed by atoms with E-state index in [1.165, 1.54) is 0 Å². The maximum Gasteiger partial charge on any atom is 0.334 e. The van der Waals surface area contributed by atoms with Crippen LogP contribution in [-0.2, 0) is 22.7 Å². The second-order valence-corrected chi connectivity index (χ2v) is 8.85. The van der Waals surface area contributed by atoms with Gasteiger partial charge in [-0.2, -0.15) is 0 Å². The molecule has 0 spiro atoms. The molecule has 0 aromatic heterocycles. The van der Waals surface area contributed by atoms with Crippen molar-refractivity contribution in [3.05, 3.63) is 71.8 Å². The number of carbonyl (C=O) groups excluding carboxylic acids is 2. The Bertz CT molecular complexity index is 1000. The lowest BCUT2D eigenvalue weighted by molar-refractivity contribution is -0.181. The number of likely N-dealkylation sites (N-methyl/N-ethyl adjacent to an activating group) is 1. The molecule has 2 aromatic carbocycles. The van der Waals surface area contributed by atoms with E-state index < -0.39 is 12.1 Å². The Morgan fingerprint density at radius 2 is 1.65 bits per heavy atom. The maximum atomic E-state index is 13.3. The summed E-state index contributed by atoms with van der Waals surface area (Å²) >= 11 is 0. The molecule has 2 aliphatic heterocycles. The number of urea groups is 1. The fraction of sp³-hybridized carbons (Fsp3) is 0.400. The number of nitrogens with zero attached hydrogens (tertiary/aromatic N) is 4. The summed E-state index contributed by atoms with van der Waals surface area (Å²) in [5, 5.41) is 15.5. The monoisotopic (exact) mass is 465 g/mol. The lowest BCUT2D eigenvalue weighted by Gasteiger charge is -2.55. The van der Waals surface area contributed by atoms with Crippen molar-refractivity contribution in [2.45, 2.75) is 38.1 Å². The molecule has 0 saturated carbocycles. The van der Waals surface area contributed by atoms with Crippen LogP contribution in [0.4, 0.5) is 4.79 Å². The number of hydrogen-bond acceptors (Lipinski definition) is 5. The number of rotatable bonds is 7. The predicted molar refractivity (Wildman–Crippen MR) is 126 cm³/mol. The highest BCUT2D eigenvalue weighted by molar-refractivity contribution is 5.83. The lowest BCUT2D eigenvalue weighted by atomic mass is 10.0. The topological polar surface area (TPSA) is 96.4 Å². The van der Waals surface area contributed by atoms with Crippen molar-refractivity contribution in [2.75, 3.05) is 26.7 Å². The quantitative estimate of drug-likeness (QED) is 0.649. The van der Waals surface area contributed by atoms with Crippen LogP contribution in [0.25, 0.3) is 0 Å². The number of hydrogen-bond donors (Lipinski definition) is 2. The number of fused-ring (bicyclic) bond motifs is 1. The molecule has 34 heavy (non-hydrogen) atoms. The Labute approximate surface area is 199 Å². The van der Waals surface area contributed by atoms with Gasteiger partial charge < -0.3 is 15.3 Å². The minimum Gasteiger partial charge on any atom is -0.481 e. The Balaban J connectivity index is 1.56. The summed E-state index contributed by atoms with van der Waals surface area (Å²) in [6, 6.07) is 19.1. The van der Waals surface area contributed by atoms with E-state index in [4.69, 9.17) is 0 Å². The maximum absolute atomic E-state index is 13.3. The zero-order chi connectivity index (χ0) is 24.1. The highest BCUT2D eigenvalue weighted by Crippen LogP contribution is 2.28. The van der Waals surface area contributed by atoms with Gasteiger partial charge in [0.2, 0.25) is 5.91 Å². The van der Waals surface area contributed by atoms with Crippen molar-refractivity contribution in [3.8, 4) is 0 Å². The van der Waals surface area contributed by atoms with Crippen molar-refractivity contribution < 1.29 is 19.5 Å². The zero-order valence-corrected chi connectivity index (χ0v) is 19.3. The van der Waals surface area contributed by atoms with Crippen LogP contribution in [0.5, 0.6) is 0 Å². The third-order valence-corrected chi connectivity index (χ3v) is 6.34. The van der Waals surface area contributed by atoms with Gasteiger partial charge in [-0.05, 0) is 17.5 Å². The highest BCUT2D eigenvalue weighted by Gasteiger charge is 2.47. The Morgan fingerprint density at radius 1 is 1.00 bits per heavy atom. The van der Waals surface area contributed by atoms with Crippen LogP contribution in [0, 0.1) is 0 Å². The van der Waals surface area contributed by atoms with Crippen LogP contribution in [0.3, 0.4) is 0 Å². The molecule has 2 saturated heterocycles. The van der Waals surface area contributed by atoms with Crippen molar-refractivity contribution in [3.63, 3.8) is 0 Å². The molecule has 0 aliphatic carbocycles. The molecule has 2 N–H and O–H groups in total. The van der Waals surface area contributed by atoms with E-state index >= 15 is 0 Å². The van der Waals surface area contributed by atoms with E-state index in [0.29, 0.717) is 32.6 Å². The van der Waals surface area contributed by atoms with Gasteiger partial charge in [-0.1, -0.05) is 60.7 Å². The minimum absolute atomic E-state index is 0.0314. The molecule has 2 aromatic rings. The molecule has 4 rings (SSSR count). The molecule has 2 heterocycles. The molecule has 0 bridgehead atoms. The number of aliphatic carboxylic acids is 1. The van der Waals surface area contributed by atoms with Crippen molar-refractivity contribution in [1.29, 1.82) is 0 Å². The second-order valence-electron chi connectivity index (χ2n) is 8.85. The smallest absolute Gasteiger partial charge is 0.334 e. The number of amides is 3. The average molecular weight is 466 g/mol. The van der Waals surface area contributed by atoms with Crippen molar-refractivity contribution in [2.24, 2.45) is 0 Å². The predicted octanol–water partition coefficient (Wildman–Crippen LogP) is 1.96. The molecule has 3 amide bonds. The number of nitrogens with one attached hydrogen (secondary N) is 1. The summed E-state index contributed by atoms with van der Waals surface area (Å²) in [5.74, 6) is -0.981. The van der Waals surface area contributed by atoms with Gasteiger partial charge in [0, 0.05) is 45.7 Å². The Morgan fingerprint density at radius 3 is 2.29 bits per heavy atom. The van der Waals surface area contributed by atoms with Crippen molar-refractivity contribution in [1.82, 2.24) is 25.1 Å². The third-order valence-electron chi connectivity index (χ3n) is 6.34. The third kappa shape index (κ3) is 5.55. The first kappa shape index (κ1) is 23.7. The first-order valence-corrected chi connectivity index (χ1v) is 11.5. The number of hydrazine groups is 1. The van der Waals surface area contributed by atoms with Gasteiger partial charge in [0.25, 0.3) is 0 Å². The standard InChI is InChI=1S/C25H31N5O4/c1-27-18-23(31)29-21(12-13-24(32)33)16-28(15-20-10-6-3-7-11-20)17-22(29)30(27)25(34)26-14-19-8-4-2-5-9-19/h2-11,21-22H,12-18H2,1H3,(H,26,34)(H,32,33)/t21-,22-/m0/s1. The van der Waals surface area contributed by atoms with E-state index in [-0.39, 0.29) is 30.9 Å². The van der Waals surface area contributed by atoms with Crippen LogP contribution < -0.4 is 5.32 Å². The SMILES string of the molecule is CN1CC(=O)N2[C@@H](CCC(=O)O)CN(Cc3ccccc3)C[C@@H]2N1C(=O)NCc1ccccc1. The largest absolute Gasteiger partial charge is 0.481 e. The van der Waals surface area contributed by atoms with Crippen LogP contribution in [0.15, 0.2) is 60.7 Å². The van der Waals surface area contributed by atoms with Crippen molar-refractivity contribution >= 4 is 17.9 Å². The van der Waals surface area contributed by atoms with Crippen LogP contribution >= 0.6 is 0 Å². The summed E-state index contributed by atoms with van der Waals surface area (Å²) in [6.45, 7) is 2.14. The van der Waals surface area contributed by atoms with Gasteiger partial charge in [-0.25, -0.2) is 14.8 Å². The number of carboxylic acids is 1. The normalized spacial score (nSPS) is 21.3. The van der Waals surface area contributed by atoms with Gasteiger partial charge in [0.1, 0.15) is 6.17 Å². The summed E-state index contributed by atoms with van der Waals surface area (Å²) in [5.41, 5.74) is 2.11.